The number of halogens is 2. The van der Waals surface area contributed by atoms with Crippen molar-refractivity contribution in [1.29, 1.82) is 0 Å². The summed E-state index contributed by atoms with van der Waals surface area (Å²) >= 11 is 0. The van der Waals surface area contributed by atoms with Gasteiger partial charge < -0.3 is 9.64 Å². The summed E-state index contributed by atoms with van der Waals surface area (Å²) in [5.74, 6) is -2.26. The van der Waals surface area contributed by atoms with Gasteiger partial charge in [0.15, 0.2) is 0 Å². The van der Waals surface area contributed by atoms with Gasteiger partial charge in [0.25, 0.3) is 0 Å². The molecule has 6 heteroatoms. The van der Waals surface area contributed by atoms with E-state index in [0.717, 1.165) is 45.0 Å². The lowest BCUT2D eigenvalue weighted by molar-refractivity contribution is -0.162. The molecule has 0 unspecified atom stereocenters. The molecule has 0 N–H and O–H groups in total. The van der Waals surface area contributed by atoms with Crippen molar-refractivity contribution in [3.8, 4) is 0 Å². The second-order valence-corrected chi connectivity index (χ2v) is 8.75. The Morgan fingerprint density at radius 1 is 1.12 bits per heavy atom. The zero-order valence-electron chi connectivity index (χ0n) is 15.2. The lowest BCUT2D eigenvalue weighted by Crippen LogP contribution is -2.57. The van der Waals surface area contributed by atoms with E-state index < -0.39 is 11.8 Å². The van der Waals surface area contributed by atoms with Crippen LogP contribution in [0.5, 0.6) is 0 Å². The lowest BCUT2D eigenvalue weighted by atomic mass is 9.79. The SMILES string of the molecule is COC[C@@H]1CCC2(CCN(C(=O)C3CC(F)(F)C3)CC2)N1CC1CC1. The van der Waals surface area contributed by atoms with Crippen molar-refractivity contribution in [3.05, 3.63) is 0 Å². The average molecular weight is 356 g/mol. The summed E-state index contributed by atoms with van der Waals surface area (Å²) in [5.41, 5.74) is 0.201. The Hall–Kier alpha value is -0.750. The molecule has 25 heavy (non-hydrogen) atoms. The standard InChI is InChI=1S/C19H30F2N2O2/c1-25-13-16-4-5-18(23(16)12-14-2-3-14)6-8-22(9-7-18)17(24)15-10-19(20,21)11-15/h14-16H,2-13H2,1H3/t16-/m0/s1. The fraction of sp³-hybridized carbons (Fsp3) is 0.947. The summed E-state index contributed by atoms with van der Waals surface area (Å²) in [7, 11) is 1.77. The predicted molar refractivity (Wildman–Crippen MR) is 90.5 cm³/mol. The second kappa shape index (κ2) is 6.45. The third-order valence-corrected chi connectivity index (χ3v) is 6.95. The van der Waals surface area contributed by atoms with Gasteiger partial charge in [0, 0.05) is 57.1 Å². The van der Waals surface area contributed by atoms with E-state index >= 15 is 0 Å². The molecular weight excluding hydrogens is 326 g/mol. The number of hydrogen-bond donors (Lipinski definition) is 0. The van der Waals surface area contributed by atoms with Crippen molar-refractivity contribution in [2.75, 3.05) is 33.4 Å². The zero-order valence-corrected chi connectivity index (χ0v) is 15.2. The molecule has 2 saturated heterocycles. The van der Waals surface area contributed by atoms with Gasteiger partial charge in [-0.1, -0.05) is 0 Å². The van der Waals surface area contributed by atoms with E-state index in [4.69, 9.17) is 4.74 Å². The smallest absolute Gasteiger partial charge is 0.249 e. The maximum atomic E-state index is 13.1. The normalized spacial score (nSPS) is 32.1. The van der Waals surface area contributed by atoms with Crippen molar-refractivity contribution >= 4 is 5.91 Å². The van der Waals surface area contributed by atoms with Crippen LogP contribution in [-0.4, -0.2) is 66.6 Å². The molecule has 0 aromatic rings. The van der Waals surface area contributed by atoms with Gasteiger partial charge in [0.05, 0.1) is 6.61 Å². The van der Waals surface area contributed by atoms with E-state index in [1.54, 1.807) is 7.11 Å². The topological polar surface area (TPSA) is 32.8 Å². The largest absolute Gasteiger partial charge is 0.383 e. The zero-order chi connectivity index (χ0) is 17.7. The number of ether oxygens (including phenoxy) is 1. The number of rotatable bonds is 5. The monoisotopic (exact) mass is 356 g/mol. The fourth-order valence-corrected chi connectivity index (χ4v) is 5.18. The summed E-state index contributed by atoms with van der Waals surface area (Å²) in [6.07, 6.45) is 6.48. The van der Waals surface area contributed by atoms with Gasteiger partial charge in [-0.15, -0.1) is 0 Å². The van der Waals surface area contributed by atoms with Gasteiger partial charge in [-0.25, -0.2) is 8.78 Å². The Labute approximate surface area is 148 Å². The molecule has 2 aliphatic carbocycles. The summed E-state index contributed by atoms with van der Waals surface area (Å²) in [5, 5.41) is 0. The van der Waals surface area contributed by atoms with Gasteiger partial charge in [-0.3, -0.25) is 9.69 Å². The van der Waals surface area contributed by atoms with Gasteiger partial charge in [-0.05, 0) is 44.4 Å². The van der Waals surface area contributed by atoms with Crippen molar-refractivity contribution in [3.63, 3.8) is 0 Å². The number of alkyl halides is 2. The van der Waals surface area contributed by atoms with Crippen LogP contribution in [-0.2, 0) is 9.53 Å². The average Bonchev–Trinajstić information content (AvgIpc) is 3.33. The number of carbonyl (C=O) groups is 1. The first kappa shape index (κ1) is 17.7. The molecule has 1 spiro atoms. The third kappa shape index (κ3) is 3.44. The van der Waals surface area contributed by atoms with Gasteiger partial charge in [0.1, 0.15) is 0 Å². The fourth-order valence-electron chi connectivity index (χ4n) is 5.18. The van der Waals surface area contributed by atoms with Crippen LogP contribution >= 0.6 is 0 Å². The first-order chi connectivity index (χ1) is 11.9. The summed E-state index contributed by atoms with van der Waals surface area (Å²) < 4.78 is 31.6. The first-order valence-electron chi connectivity index (χ1n) is 9.85. The van der Waals surface area contributed by atoms with E-state index in [-0.39, 0.29) is 24.3 Å². The Morgan fingerprint density at radius 3 is 2.36 bits per heavy atom. The van der Waals surface area contributed by atoms with E-state index in [0.29, 0.717) is 6.04 Å². The van der Waals surface area contributed by atoms with Crippen molar-refractivity contribution in [2.24, 2.45) is 11.8 Å². The van der Waals surface area contributed by atoms with Crippen LogP contribution in [0.3, 0.4) is 0 Å². The van der Waals surface area contributed by atoms with E-state index in [1.807, 2.05) is 4.90 Å². The van der Waals surface area contributed by atoms with Crippen LogP contribution in [0.2, 0.25) is 0 Å². The Balaban J connectivity index is 1.36. The van der Waals surface area contributed by atoms with Crippen molar-refractivity contribution in [2.45, 2.75) is 68.9 Å². The van der Waals surface area contributed by atoms with Crippen LogP contribution in [0.1, 0.15) is 51.4 Å². The Bertz CT molecular complexity index is 508. The predicted octanol–water partition coefficient (Wildman–Crippen LogP) is 2.91. The number of hydrogen-bond acceptors (Lipinski definition) is 3. The second-order valence-electron chi connectivity index (χ2n) is 8.75. The summed E-state index contributed by atoms with van der Waals surface area (Å²) in [6.45, 7) is 3.40. The Morgan fingerprint density at radius 2 is 1.80 bits per heavy atom. The molecule has 0 aromatic heterocycles. The highest BCUT2D eigenvalue weighted by Gasteiger charge is 2.52. The number of piperidine rings is 1. The summed E-state index contributed by atoms with van der Waals surface area (Å²) in [4.78, 5) is 17.0. The van der Waals surface area contributed by atoms with Crippen molar-refractivity contribution < 1.29 is 18.3 Å². The Kier molecular flexibility index (Phi) is 4.55. The number of carbonyl (C=O) groups excluding carboxylic acids is 1. The van der Waals surface area contributed by atoms with Crippen LogP contribution < -0.4 is 0 Å². The first-order valence-corrected chi connectivity index (χ1v) is 9.85. The van der Waals surface area contributed by atoms with E-state index in [1.165, 1.54) is 25.7 Å². The van der Waals surface area contributed by atoms with Crippen LogP contribution in [0, 0.1) is 11.8 Å². The highest BCUT2D eigenvalue weighted by atomic mass is 19.3. The molecule has 2 heterocycles. The van der Waals surface area contributed by atoms with Gasteiger partial charge in [-0.2, -0.15) is 0 Å². The molecule has 1 atom stereocenters. The molecular formula is C19H30F2N2O2. The molecule has 4 fully saturated rings. The number of nitrogens with zero attached hydrogens (tertiary/aromatic N) is 2. The van der Waals surface area contributed by atoms with Crippen LogP contribution in [0.25, 0.3) is 0 Å². The number of methoxy groups -OCH3 is 1. The number of likely N-dealkylation sites (tertiary alicyclic amines) is 2. The lowest BCUT2D eigenvalue weighted by Gasteiger charge is -2.48. The molecule has 4 nitrogen and oxygen atoms in total. The molecule has 4 rings (SSSR count). The van der Waals surface area contributed by atoms with Crippen LogP contribution in [0.4, 0.5) is 8.78 Å². The van der Waals surface area contributed by atoms with E-state index in [2.05, 4.69) is 4.90 Å². The maximum absolute atomic E-state index is 13.1. The minimum absolute atomic E-state index is 0.0408. The summed E-state index contributed by atoms with van der Waals surface area (Å²) in [6, 6.07) is 0.498. The van der Waals surface area contributed by atoms with Crippen LogP contribution in [0.15, 0.2) is 0 Å². The highest BCUT2D eigenvalue weighted by molar-refractivity contribution is 5.80. The number of amides is 1. The van der Waals surface area contributed by atoms with Gasteiger partial charge >= 0.3 is 0 Å². The van der Waals surface area contributed by atoms with Crippen molar-refractivity contribution in [1.82, 2.24) is 9.80 Å². The molecule has 2 saturated carbocycles. The van der Waals surface area contributed by atoms with Gasteiger partial charge in [0.2, 0.25) is 11.8 Å². The molecule has 0 aromatic carbocycles. The molecule has 1 amide bonds. The quantitative estimate of drug-likeness (QED) is 0.759. The minimum atomic E-state index is -2.61. The van der Waals surface area contributed by atoms with E-state index in [9.17, 15) is 13.6 Å². The molecule has 0 radical (unpaired) electrons. The molecule has 4 aliphatic rings. The minimum Gasteiger partial charge on any atom is -0.383 e. The molecule has 142 valence electrons. The third-order valence-electron chi connectivity index (χ3n) is 6.95. The maximum Gasteiger partial charge on any atom is 0.249 e. The highest BCUT2D eigenvalue weighted by Crippen LogP contribution is 2.46. The molecule has 0 bridgehead atoms. The molecule has 2 aliphatic heterocycles.